The molecule has 0 aliphatic carbocycles. The molecule has 0 bridgehead atoms. The zero-order valence-corrected chi connectivity index (χ0v) is 13.3. The van der Waals surface area contributed by atoms with Crippen LogP contribution in [0.3, 0.4) is 0 Å². The number of nitrogens with one attached hydrogen (secondary N) is 1. The Bertz CT molecular complexity index is 591. The lowest BCUT2D eigenvalue weighted by Gasteiger charge is -2.08. The highest BCUT2D eigenvalue weighted by atomic mass is 79.9. The van der Waals surface area contributed by atoms with Crippen LogP contribution in [0.4, 0.5) is 5.69 Å². The van der Waals surface area contributed by atoms with Gasteiger partial charge < -0.3 is 5.32 Å². The number of halogens is 4. The quantitative estimate of drug-likeness (QED) is 0.703. The van der Waals surface area contributed by atoms with Crippen molar-refractivity contribution in [2.45, 2.75) is 0 Å². The molecule has 0 atom stereocenters. The van der Waals surface area contributed by atoms with Crippen molar-refractivity contribution in [3.63, 3.8) is 0 Å². The highest BCUT2D eigenvalue weighted by Gasteiger charge is 2.14. The van der Waals surface area contributed by atoms with Crippen LogP contribution in [0.25, 0.3) is 0 Å². The Labute approximate surface area is 131 Å². The van der Waals surface area contributed by atoms with Crippen molar-refractivity contribution in [2.75, 3.05) is 5.32 Å². The maximum Gasteiger partial charge on any atom is 0.265 e. The van der Waals surface area contributed by atoms with Crippen molar-refractivity contribution in [3.05, 3.63) is 48.0 Å². The molecule has 7 heteroatoms. The van der Waals surface area contributed by atoms with Crippen molar-refractivity contribution in [1.82, 2.24) is 0 Å². The monoisotopic (exact) mass is 383 g/mol. The number of carbonyl (C=O) groups is 1. The first kappa shape index (κ1) is 14.2. The predicted octanol–water partition coefficient (Wildman–Crippen LogP) is 5.72. The SMILES string of the molecule is O=C(Nc1c(Cl)cc(Cl)cc1Cl)c1ccc(Br)s1. The summed E-state index contributed by atoms with van der Waals surface area (Å²) in [6.45, 7) is 0. The van der Waals surface area contributed by atoms with Gasteiger partial charge in [0.25, 0.3) is 5.91 Å². The van der Waals surface area contributed by atoms with E-state index in [1.54, 1.807) is 12.1 Å². The molecule has 18 heavy (non-hydrogen) atoms. The minimum Gasteiger partial charge on any atom is -0.319 e. The Kier molecular flexibility index (Phi) is 4.56. The van der Waals surface area contributed by atoms with E-state index in [2.05, 4.69) is 21.2 Å². The van der Waals surface area contributed by atoms with Crippen LogP contribution in [0.1, 0.15) is 9.67 Å². The third-order valence-corrected chi connectivity index (χ3v) is 4.48. The topological polar surface area (TPSA) is 29.1 Å². The predicted molar refractivity (Wildman–Crippen MR) is 81.4 cm³/mol. The zero-order chi connectivity index (χ0) is 13.3. The van der Waals surface area contributed by atoms with E-state index in [1.165, 1.54) is 23.5 Å². The molecule has 2 nitrogen and oxygen atoms in total. The molecular weight excluding hydrogens is 380 g/mol. The number of thiophene rings is 1. The molecule has 0 saturated heterocycles. The molecule has 1 N–H and O–H groups in total. The fourth-order valence-corrected chi connectivity index (χ4v) is 3.47. The summed E-state index contributed by atoms with van der Waals surface area (Å²) in [4.78, 5) is 12.5. The second kappa shape index (κ2) is 5.80. The van der Waals surface area contributed by atoms with Gasteiger partial charge in [0, 0.05) is 5.02 Å². The fourth-order valence-electron chi connectivity index (χ4n) is 1.27. The van der Waals surface area contributed by atoms with E-state index in [0.717, 1.165) is 3.79 Å². The molecule has 1 heterocycles. The first-order valence-electron chi connectivity index (χ1n) is 4.68. The molecule has 94 valence electrons. The lowest BCUT2D eigenvalue weighted by Crippen LogP contribution is -2.10. The van der Waals surface area contributed by atoms with Crippen LogP contribution in [0.5, 0.6) is 0 Å². The minimum atomic E-state index is -0.267. The van der Waals surface area contributed by atoms with E-state index < -0.39 is 0 Å². The van der Waals surface area contributed by atoms with Crippen LogP contribution in [0, 0.1) is 0 Å². The smallest absolute Gasteiger partial charge is 0.265 e. The van der Waals surface area contributed by atoms with Gasteiger partial charge in [-0.05, 0) is 40.2 Å². The largest absolute Gasteiger partial charge is 0.319 e. The van der Waals surface area contributed by atoms with Crippen LogP contribution in [0.2, 0.25) is 15.1 Å². The molecule has 0 saturated carbocycles. The molecule has 0 fully saturated rings. The van der Waals surface area contributed by atoms with Gasteiger partial charge in [-0.3, -0.25) is 4.79 Å². The fraction of sp³-hybridized carbons (Fsp3) is 0. The molecular formula is C11H5BrCl3NOS. The van der Waals surface area contributed by atoms with E-state index in [0.29, 0.717) is 25.6 Å². The van der Waals surface area contributed by atoms with Gasteiger partial charge in [-0.1, -0.05) is 34.8 Å². The van der Waals surface area contributed by atoms with Crippen LogP contribution >= 0.6 is 62.1 Å². The Morgan fingerprint density at radius 2 is 1.78 bits per heavy atom. The third kappa shape index (κ3) is 3.19. The summed E-state index contributed by atoms with van der Waals surface area (Å²) in [5.74, 6) is -0.267. The van der Waals surface area contributed by atoms with Gasteiger partial charge in [0.05, 0.1) is 24.4 Å². The van der Waals surface area contributed by atoms with Gasteiger partial charge in [-0.2, -0.15) is 0 Å². The molecule has 0 aliphatic heterocycles. The number of hydrogen-bond acceptors (Lipinski definition) is 2. The van der Waals surface area contributed by atoms with E-state index in [9.17, 15) is 4.79 Å². The molecule has 0 aliphatic rings. The van der Waals surface area contributed by atoms with Crippen LogP contribution in [0.15, 0.2) is 28.1 Å². The van der Waals surface area contributed by atoms with E-state index in [-0.39, 0.29) is 5.91 Å². The lowest BCUT2D eigenvalue weighted by atomic mass is 10.3. The Balaban J connectivity index is 2.27. The maximum absolute atomic E-state index is 11.9. The number of benzene rings is 1. The van der Waals surface area contributed by atoms with Crippen molar-refractivity contribution < 1.29 is 4.79 Å². The first-order chi connectivity index (χ1) is 8.47. The number of amides is 1. The second-order valence-electron chi connectivity index (χ2n) is 3.30. The molecule has 2 aromatic rings. The molecule has 0 unspecified atom stereocenters. The average Bonchev–Trinajstić information content (AvgIpc) is 2.70. The minimum absolute atomic E-state index is 0.267. The molecule has 1 aromatic heterocycles. The first-order valence-corrected chi connectivity index (χ1v) is 7.43. The van der Waals surface area contributed by atoms with Gasteiger partial charge in [0.15, 0.2) is 0 Å². The van der Waals surface area contributed by atoms with Crippen molar-refractivity contribution >= 4 is 73.7 Å². The van der Waals surface area contributed by atoms with Crippen molar-refractivity contribution in [3.8, 4) is 0 Å². The number of hydrogen-bond donors (Lipinski definition) is 1. The summed E-state index contributed by atoms with van der Waals surface area (Å²) in [6.07, 6.45) is 0. The highest BCUT2D eigenvalue weighted by molar-refractivity contribution is 9.11. The van der Waals surface area contributed by atoms with Gasteiger partial charge >= 0.3 is 0 Å². The van der Waals surface area contributed by atoms with Gasteiger partial charge in [0.2, 0.25) is 0 Å². The lowest BCUT2D eigenvalue weighted by molar-refractivity contribution is 0.103. The Morgan fingerprint density at radius 1 is 1.17 bits per heavy atom. The standard InChI is InChI=1S/C11H5BrCl3NOS/c12-9-2-1-8(18-9)11(17)16-10-6(14)3-5(13)4-7(10)15/h1-4H,(H,16,17). The normalized spacial score (nSPS) is 10.4. The van der Waals surface area contributed by atoms with Crippen LogP contribution in [-0.4, -0.2) is 5.91 Å². The third-order valence-electron chi connectivity index (χ3n) is 2.04. The molecule has 1 amide bonds. The highest BCUT2D eigenvalue weighted by Crippen LogP contribution is 2.34. The summed E-state index contributed by atoms with van der Waals surface area (Å²) >= 11 is 22.4. The summed E-state index contributed by atoms with van der Waals surface area (Å²) in [7, 11) is 0. The van der Waals surface area contributed by atoms with Gasteiger partial charge in [-0.25, -0.2) is 0 Å². The molecule has 2 rings (SSSR count). The summed E-state index contributed by atoms with van der Waals surface area (Å²) < 4.78 is 0.876. The summed E-state index contributed by atoms with van der Waals surface area (Å²) in [5.41, 5.74) is 0.359. The van der Waals surface area contributed by atoms with Crippen molar-refractivity contribution in [2.24, 2.45) is 0 Å². The number of anilines is 1. The van der Waals surface area contributed by atoms with E-state index >= 15 is 0 Å². The second-order valence-corrected chi connectivity index (χ2v) is 7.02. The number of rotatable bonds is 2. The Hall–Kier alpha value is -0.260. The average molecular weight is 385 g/mol. The van der Waals surface area contributed by atoms with Crippen molar-refractivity contribution in [1.29, 1.82) is 0 Å². The van der Waals surface area contributed by atoms with E-state index in [1.807, 2.05) is 0 Å². The summed E-state index contributed by atoms with van der Waals surface area (Å²) in [6, 6.07) is 6.55. The van der Waals surface area contributed by atoms with Crippen LogP contribution in [-0.2, 0) is 0 Å². The summed E-state index contributed by atoms with van der Waals surface area (Å²) in [5, 5.41) is 3.69. The van der Waals surface area contributed by atoms with Crippen LogP contribution < -0.4 is 5.32 Å². The zero-order valence-electron chi connectivity index (χ0n) is 8.64. The molecule has 0 radical (unpaired) electrons. The number of carbonyl (C=O) groups excluding carboxylic acids is 1. The molecule has 1 aromatic carbocycles. The van der Waals surface area contributed by atoms with Gasteiger partial charge in [0.1, 0.15) is 0 Å². The Morgan fingerprint density at radius 3 is 2.28 bits per heavy atom. The molecule has 0 spiro atoms. The maximum atomic E-state index is 11.9. The van der Waals surface area contributed by atoms with Gasteiger partial charge in [-0.15, -0.1) is 11.3 Å². The van der Waals surface area contributed by atoms with E-state index in [4.69, 9.17) is 34.8 Å².